The van der Waals surface area contributed by atoms with Crippen LogP contribution >= 0.6 is 0 Å². The molecule has 0 amide bonds. The molecule has 256 valence electrons. The second-order valence-corrected chi connectivity index (χ2v) is 14.0. The van der Waals surface area contributed by atoms with Crippen LogP contribution in [0.15, 0.2) is 205 Å². The van der Waals surface area contributed by atoms with Gasteiger partial charge in [0.1, 0.15) is 11.3 Å². The summed E-state index contributed by atoms with van der Waals surface area (Å²) in [7, 11) is 0. The summed E-state index contributed by atoms with van der Waals surface area (Å²) in [4.78, 5) is 2.44. The lowest BCUT2D eigenvalue weighted by molar-refractivity contribution is 0.517. The minimum Gasteiger partial charge on any atom is -0.460 e. The highest BCUT2D eigenvalue weighted by Crippen LogP contribution is 2.48. The number of fused-ring (bicyclic) bond motifs is 4. The molecular weight excluding hydrogens is 655 g/mol. The van der Waals surface area contributed by atoms with E-state index in [1.54, 1.807) is 0 Å². The van der Waals surface area contributed by atoms with Crippen LogP contribution in [0.5, 0.6) is 0 Å². The molecule has 0 aliphatic heterocycles. The Balaban J connectivity index is 1.10. The first-order chi connectivity index (χ1) is 26.8. The normalized spacial score (nSPS) is 13.6. The largest absolute Gasteiger partial charge is 0.460 e. The van der Waals surface area contributed by atoms with Crippen molar-refractivity contribution in [1.82, 2.24) is 0 Å². The highest BCUT2D eigenvalue weighted by Gasteiger charge is 2.30. The molecule has 1 heterocycles. The Bertz CT molecular complexity index is 2780. The molecule has 8 aromatic carbocycles. The smallest absolute Gasteiger partial charge is 0.135 e. The molecular formula is C52H37NO. The maximum Gasteiger partial charge on any atom is 0.135 e. The van der Waals surface area contributed by atoms with Crippen LogP contribution in [0.25, 0.3) is 61.2 Å². The van der Waals surface area contributed by atoms with Gasteiger partial charge in [-0.1, -0.05) is 170 Å². The summed E-state index contributed by atoms with van der Waals surface area (Å²) >= 11 is 0. The van der Waals surface area contributed by atoms with Crippen molar-refractivity contribution in [3.05, 3.63) is 217 Å². The first kappa shape index (κ1) is 31.8. The van der Waals surface area contributed by atoms with Gasteiger partial charge in [-0.25, -0.2) is 0 Å². The molecule has 1 aliphatic rings. The van der Waals surface area contributed by atoms with Gasteiger partial charge in [0, 0.05) is 28.1 Å². The van der Waals surface area contributed by atoms with E-state index in [0.717, 1.165) is 34.8 Å². The standard InChI is InChI=1S/C52H37NO/c1-3-14-36(15-4-1)37-26-28-38(29-27-37)39-30-32-43(33-31-39)53(49-24-11-9-20-44(49)40-16-5-2-6-17-40)50-25-12-10-21-45(50)46-22-13-23-47-48-34-41-18-7-8-19-42(41)35-51(48)54-52(46)47/h1-21,23-35,46H,22H2. The molecule has 54 heavy (non-hydrogen) atoms. The molecule has 0 fully saturated rings. The first-order valence-electron chi connectivity index (χ1n) is 18.7. The average Bonchev–Trinajstić information content (AvgIpc) is 3.62. The molecule has 1 unspecified atom stereocenters. The van der Waals surface area contributed by atoms with Crippen LogP contribution in [0.3, 0.4) is 0 Å². The summed E-state index contributed by atoms with van der Waals surface area (Å²) in [5.74, 6) is 1.08. The lowest BCUT2D eigenvalue weighted by Crippen LogP contribution is -2.15. The van der Waals surface area contributed by atoms with Crippen LogP contribution in [0.4, 0.5) is 17.1 Å². The van der Waals surface area contributed by atoms with Crippen LogP contribution in [0, 0.1) is 0 Å². The van der Waals surface area contributed by atoms with E-state index in [0.29, 0.717) is 0 Å². The molecule has 0 saturated heterocycles. The Morgan fingerprint density at radius 1 is 0.463 bits per heavy atom. The van der Waals surface area contributed by atoms with Gasteiger partial charge < -0.3 is 9.32 Å². The van der Waals surface area contributed by atoms with Gasteiger partial charge in [0.25, 0.3) is 0 Å². The van der Waals surface area contributed by atoms with Gasteiger partial charge in [0.05, 0.1) is 11.4 Å². The van der Waals surface area contributed by atoms with Crippen molar-refractivity contribution in [2.75, 3.05) is 4.90 Å². The van der Waals surface area contributed by atoms with E-state index < -0.39 is 0 Å². The van der Waals surface area contributed by atoms with E-state index in [2.05, 4.69) is 211 Å². The number of benzene rings is 8. The Labute approximate surface area is 315 Å². The second-order valence-electron chi connectivity index (χ2n) is 14.0. The van der Waals surface area contributed by atoms with Crippen molar-refractivity contribution >= 4 is 44.9 Å². The van der Waals surface area contributed by atoms with Crippen molar-refractivity contribution in [3.8, 4) is 33.4 Å². The van der Waals surface area contributed by atoms with Gasteiger partial charge >= 0.3 is 0 Å². The lowest BCUT2D eigenvalue weighted by Gasteiger charge is -2.32. The fourth-order valence-electron chi connectivity index (χ4n) is 8.16. The van der Waals surface area contributed by atoms with Gasteiger partial charge in [-0.05, 0) is 87.0 Å². The zero-order valence-electron chi connectivity index (χ0n) is 29.8. The maximum atomic E-state index is 6.84. The predicted octanol–water partition coefficient (Wildman–Crippen LogP) is 14.6. The van der Waals surface area contributed by atoms with Crippen molar-refractivity contribution in [2.24, 2.45) is 0 Å². The SMILES string of the molecule is C1=Cc2c(oc3cc4ccccc4cc23)C(c2ccccc2N(c2ccc(-c3ccc(-c4ccccc4)cc3)cc2)c2ccccc2-c2ccccc2)C1. The second kappa shape index (κ2) is 13.6. The minimum absolute atomic E-state index is 0.0468. The molecule has 0 saturated carbocycles. The summed E-state index contributed by atoms with van der Waals surface area (Å²) in [5.41, 5.74) is 13.9. The molecule has 10 rings (SSSR count). The lowest BCUT2D eigenvalue weighted by atomic mass is 9.85. The first-order valence-corrected chi connectivity index (χ1v) is 18.7. The maximum absolute atomic E-state index is 6.84. The van der Waals surface area contributed by atoms with Crippen molar-refractivity contribution in [1.29, 1.82) is 0 Å². The van der Waals surface area contributed by atoms with E-state index in [1.165, 1.54) is 60.7 Å². The molecule has 0 spiro atoms. The number of para-hydroxylation sites is 2. The minimum atomic E-state index is 0.0468. The molecule has 2 heteroatoms. The number of anilines is 3. The third-order valence-corrected chi connectivity index (χ3v) is 10.8. The Hall–Kier alpha value is -6.90. The Morgan fingerprint density at radius 3 is 1.70 bits per heavy atom. The third kappa shape index (κ3) is 5.70. The zero-order valence-corrected chi connectivity index (χ0v) is 29.8. The van der Waals surface area contributed by atoms with E-state index in [9.17, 15) is 0 Å². The van der Waals surface area contributed by atoms with Gasteiger partial charge in [0.15, 0.2) is 0 Å². The van der Waals surface area contributed by atoms with Gasteiger partial charge in [0.2, 0.25) is 0 Å². The summed E-state index contributed by atoms with van der Waals surface area (Å²) in [5, 5.41) is 3.58. The Morgan fingerprint density at radius 2 is 1.00 bits per heavy atom. The molecule has 0 N–H and O–H groups in total. The summed E-state index contributed by atoms with van der Waals surface area (Å²) in [6.45, 7) is 0. The number of allylic oxidation sites excluding steroid dienone is 1. The predicted molar refractivity (Wildman–Crippen MR) is 227 cm³/mol. The van der Waals surface area contributed by atoms with Crippen molar-refractivity contribution < 1.29 is 4.42 Å². The quantitative estimate of drug-likeness (QED) is 0.165. The van der Waals surface area contributed by atoms with E-state index in [1.807, 2.05) is 0 Å². The van der Waals surface area contributed by atoms with Gasteiger partial charge in [-0.15, -0.1) is 0 Å². The van der Waals surface area contributed by atoms with Crippen LogP contribution in [-0.2, 0) is 0 Å². The molecule has 1 aliphatic carbocycles. The Kier molecular flexibility index (Phi) is 8.00. The summed E-state index contributed by atoms with van der Waals surface area (Å²) in [6.07, 6.45) is 5.42. The molecule has 9 aromatic rings. The number of rotatable bonds is 7. The third-order valence-electron chi connectivity index (χ3n) is 10.8. The van der Waals surface area contributed by atoms with E-state index in [4.69, 9.17) is 4.42 Å². The zero-order chi connectivity index (χ0) is 35.8. The molecule has 0 bridgehead atoms. The molecule has 1 aromatic heterocycles. The highest BCUT2D eigenvalue weighted by molar-refractivity contribution is 6.01. The molecule has 1 atom stereocenters. The molecule has 0 radical (unpaired) electrons. The van der Waals surface area contributed by atoms with Gasteiger partial charge in [-0.3, -0.25) is 0 Å². The topological polar surface area (TPSA) is 16.4 Å². The number of hydrogen-bond donors (Lipinski definition) is 0. The van der Waals surface area contributed by atoms with Crippen molar-refractivity contribution in [2.45, 2.75) is 12.3 Å². The number of nitrogens with zero attached hydrogens (tertiary/aromatic N) is 1. The van der Waals surface area contributed by atoms with Gasteiger partial charge in [-0.2, -0.15) is 0 Å². The number of hydrogen-bond acceptors (Lipinski definition) is 2. The van der Waals surface area contributed by atoms with Crippen LogP contribution in [0.2, 0.25) is 0 Å². The fraction of sp³-hybridized carbons (Fsp3) is 0.0385. The molecule has 2 nitrogen and oxygen atoms in total. The highest BCUT2D eigenvalue weighted by atomic mass is 16.3. The summed E-state index contributed by atoms with van der Waals surface area (Å²) < 4.78 is 6.84. The van der Waals surface area contributed by atoms with E-state index in [-0.39, 0.29) is 5.92 Å². The van der Waals surface area contributed by atoms with E-state index >= 15 is 0 Å². The number of furan rings is 1. The summed E-state index contributed by atoms with van der Waals surface area (Å²) in [6, 6.07) is 69.8. The van der Waals surface area contributed by atoms with Crippen LogP contribution in [-0.4, -0.2) is 0 Å². The fourth-order valence-corrected chi connectivity index (χ4v) is 8.16. The monoisotopic (exact) mass is 691 g/mol. The average molecular weight is 692 g/mol. The van der Waals surface area contributed by atoms with Crippen molar-refractivity contribution in [3.63, 3.8) is 0 Å². The van der Waals surface area contributed by atoms with Crippen LogP contribution < -0.4 is 4.90 Å². The van der Waals surface area contributed by atoms with Crippen LogP contribution in [0.1, 0.15) is 29.2 Å².